The molecule has 0 bridgehead atoms. The van der Waals surface area contributed by atoms with Gasteiger partial charge in [-0.3, -0.25) is 0 Å². The van der Waals surface area contributed by atoms with Crippen LogP contribution in [0.2, 0.25) is 5.02 Å². The second-order valence-corrected chi connectivity index (χ2v) is 5.68. The molecule has 20 heavy (non-hydrogen) atoms. The molecule has 2 aromatic rings. The van der Waals surface area contributed by atoms with Gasteiger partial charge in [0, 0.05) is 24.5 Å². The van der Waals surface area contributed by atoms with E-state index >= 15 is 0 Å². The van der Waals surface area contributed by atoms with Crippen LogP contribution >= 0.6 is 11.6 Å². The molecule has 1 heterocycles. The Hall–Kier alpha value is -1.51. The first-order chi connectivity index (χ1) is 9.72. The van der Waals surface area contributed by atoms with E-state index < -0.39 is 0 Å². The van der Waals surface area contributed by atoms with Gasteiger partial charge in [-0.15, -0.1) is 0 Å². The van der Waals surface area contributed by atoms with Crippen molar-refractivity contribution in [1.29, 1.82) is 0 Å². The summed E-state index contributed by atoms with van der Waals surface area (Å²) in [5, 5.41) is 4.26. The van der Waals surface area contributed by atoms with Crippen LogP contribution < -0.4 is 10.1 Å². The lowest BCUT2D eigenvalue weighted by Gasteiger charge is -2.12. The first-order valence-electron chi connectivity index (χ1n) is 6.92. The molecule has 0 radical (unpaired) electrons. The number of nitrogens with one attached hydrogen (secondary N) is 1. The van der Waals surface area contributed by atoms with Crippen molar-refractivity contribution in [1.82, 2.24) is 5.32 Å². The third kappa shape index (κ3) is 2.97. The zero-order valence-electron chi connectivity index (χ0n) is 11.5. The van der Waals surface area contributed by atoms with Crippen molar-refractivity contribution in [3.05, 3.63) is 64.2 Å². The molecule has 3 rings (SSSR count). The lowest BCUT2D eigenvalue weighted by atomic mass is 10.1. The topological polar surface area (TPSA) is 21.3 Å². The summed E-state index contributed by atoms with van der Waals surface area (Å²) >= 11 is 6.23. The van der Waals surface area contributed by atoms with Crippen molar-refractivity contribution < 1.29 is 4.74 Å². The lowest BCUT2D eigenvalue weighted by Crippen LogP contribution is -2.29. The molecule has 1 unspecified atom stereocenters. The Morgan fingerprint density at radius 2 is 2.10 bits per heavy atom. The smallest absolute Gasteiger partial charge is 0.123 e. The quantitative estimate of drug-likeness (QED) is 0.925. The number of hydrogen-bond acceptors (Lipinski definition) is 2. The highest BCUT2D eigenvalue weighted by molar-refractivity contribution is 6.31. The van der Waals surface area contributed by atoms with Crippen molar-refractivity contribution in [2.75, 3.05) is 6.54 Å². The molecule has 104 valence electrons. The first-order valence-corrected chi connectivity index (χ1v) is 7.30. The van der Waals surface area contributed by atoms with Gasteiger partial charge >= 0.3 is 0 Å². The Balaban J connectivity index is 1.52. The van der Waals surface area contributed by atoms with Crippen molar-refractivity contribution in [3.8, 4) is 5.75 Å². The van der Waals surface area contributed by atoms with E-state index in [4.69, 9.17) is 16.3 Å². The highest BCUT2D eigenvalue weighted by atomic mass is 35.5. The van der Waals surface area contributed by atoms with Crippen molar-refractivity contribution >= 4 is 11.6 Å². The van der Waals surface area contributed by atoms with Crippen LogP contribution in [-0.2, 0) is 13.0 Å². The number of rotatable bonds is 4. The molecular weight excluding hydrogens is 270 g/mol. The second kappa shape index (κ2) is 5.86. The Bertz CT molecular complexity index is 587. The van der Waals surface area contributed by atoms with Crippen LogP contribution in [0.3, 0.4) is 0 Å². The van der Waals surface area contributed by atoms with Gasteiger partial charge in [0.2, 0.25) is 0 Å². The molecule has 0 aliphatic carbocycles. The zero-order chi connectivity index (χ0) is 13.9. The maximum absolute atomic E-state index is 6.23. The van der Waals surface area contributed by atoms with Gasteiger partial charge in [-0.05, 0) is 35.7 Å². The fourth-order valence-electron chi connectivity index (χ4n) is 2.53. The van der Waals surface area contributed by atoms with E-state index in [9.17, 15) is 0 Å². The number of benzene rings is 2. The van der Waals surface area contributed by atoms with Gasteiger partial charge in [0.1, 0.15) is 11.9 Å². The van der Waals surface area contributed by atoms with E-state index in [1.54, 1.807) is 0 Å². The van der Waals surface area contributed by atoms with Gasteiger partial charge in [0.25, 0.3) is 0 Å². The van der Waals surface area contributed by atoms with E-state index in [0.29, 0.717) is 0 Å². The average Bonchev–Trinajstić information content (AvgIpc) is 2.84. The molecule has 0 saturated heterocycles. The summed E-state index contributed by atoms with van der Waals surface area (Å²) in [5.41, 5.74) is 3.62. The highest BCUT2D eigenvalue weighted by Crippen LogP contribution is 2.27. The molecule has 0 amide bonds. The summed E-state index contributed by atoms with van der Waals surface area (Å²) in [4.78, 5) is 0. The molecule has 1 N–H and O–H groups in total. The summed E-state index contributed by atoms with van der Waals surface area (Å²) < 4.78 is 5.90. The van der Waals surface area contributed by atoms with Crippen LogP contribution in [0.25, 0.3) is 0 Å². The largest absolute Gasteiger partial charge is 0.488 e. The Morgan fingerprint density at radius 3 is 2.90 bits per heavy atom. The summed E-state index contributed by atoms with van der Waals surface area (Å²) in [7, 11) is 0. The maximum Gasteiger partial charge on any atom is 0.123 e. The molecule has 1 atom stereocenters. The Morgan fingerprint density at radius 1 is 1.25 bits per heavy atom. The van der Waals surface area contributed by atoms with Gasteiger partial charge in [-0.25, -0.2) is 0 Å². The van der Waals surface area contributed by atoms with E-state index in [1.807, 2.05) is 25.1 Å². The minimum atomic E-state index is 0.219. The minimum absolute atomic E-state index is 0.219. The molecular formula is C17H18ClNO. The maximum atomic E-state index is 6.23. The van der Waals surface area contributed by atoms with E-state index in [0.717, 1.165) is 35.8 Å². The standard InChI is InChI=1S/C17H18ClNO/c1-12-6-7-14(16(18)8-12)10-19-11-15-9-13-4-2-3-5-17(13)20-15/h2-8,15,19H,9-11H2,1H3. The number of aryl methyl sites for hydroxylation is 1. The molecule has 0 aromatic heterocycles. The van der Waals surface area contributed by atoms with Crippen LogP contribution in [0, 0.1) is 6.92 Å². The predicted octanol–water partition coefficient (Wildman–Crippen LogP) is 3.74. The molecule has 0 fully saturated rings. The van der Waals surface area contributed by atoms with E-state index in [2.05, 4.69) is 29.6 Å². The van der Waals surface area contributed by atoms with Crippen molar-refractivity contribution in [2.24, 2.45) is 0 Å². The summed E-state index contributed by atoms with van der Waals surface area (Å²) in [6, 6.07) is 14.4. The average molecular weight is 288 g/mol. The number of hydrogen-bond donors (Lipinski definition) is 1. The summed E-state index contributed by atoms with van der Waals surface area (Å²) in [5.74, 6) is 1.02. The summed E-state index contributed by atoms with van der Waals surface area (Å²) in [6.07, 6.45) is 1.20. The molecule has 1 aliphatic rings. The van der Waals surface area contributed by atoms with Gasteiger partial charge in [-0.2, -0.15) is 0 Å². The molecule has 1 aliphatic heterocycles. The third-order valence-electron chi connectivity index (χ3n) is 3.61. The fourth-order valence-corrected chi connectivity index (χ4v) is 2.83. The van der Waals surface area contributed by atoms with Crippen LogP contribution in [0.4, 0.5) is 0 Å². The normalized spacial score (nSPS) is 16.8. The van der Waals surface area contributed by atoms with Crippen molar-refractivity contribution in [3.63, 3.8) is 0 Å². The highest BCUT2D eigenvalue weighted by Gasteiger charge is 2.21. The number of para-hydroxylation sites is 1. The van der Waals surface area contributed by atoms with Crippen LogP contribution in [0.1, 0.15) is 16.7 Å². The van der Waals surface area contributed by atoms with Crippen molar-refractivity contribution in [2.45, 2.75) is 26.0 Å². The molecule has 2 aromatic carbocycles. The van der Waals surface area contributed by atoms with Gasteiger partial charge in [0.15, 0.2) is 0 Å². The Labute approximate surface area is 124 Å². The minimum Gasteiger partial charge on any atom is -0.488 e. The van der Waals surface area contributed by atoms with Crippen LogP contribution in [-0.4, -0.2) is 12.6 Å². The van der Waals surface area contributed by atoms with Crippen LogP contribution in [0.5, 0.6) is 5.75 Å². The van der Waals surface area contributed by atoms with E-state index in [1.165, 1.54) is 11.1 Å². The molecule has 2 nitrogen and oxygen atoms in total. The third-order valence-corrected chi connectivity index (χ3v) is 3.96. The molecule has 0 saturated carbocycles. The number of fused-ring (bicyclic) bond motifs is 1. The predicted molar refractivity (Wildman–Crippen MR) is 82.5 cm³/mol. The summed E-state index contributed by atoms with van der Waals surface area (Å²) in [6.45, 7) is 3.65. The van der Waals surface area contributed by atoms with E-state index in [-0.39, 0.29) is 6.10 Å². The van der Waals surface area contributed by atoms with Gasteiger partial charge in [-0.1, -0.05) is 41.9 Å². The number of halogens is 1. The monoisotopic (exact) mass is 287 g/mol. The Kier molecular flexibility index (Phi) is 3.95. The first kappa shape index (κ1) is 13.5. The van der Waals surface area contributed by atoms with Gasteiger partial charge in [0.05, 0.1) is 0 Å². The zero-order valence-corrected chi connectivity index (χ0v) is 12.3. The molecule has 0 spiro atoms. The number of ether oxygens (including phenoxy) is 1. The van der Waals surface area contributed by atoms with Crippen LogP contribution in [0.15, 0.2) is 42.5 Å². The van der Waals surface area contributed by atoms with Gasteiger partial charge < -0.3 is 10.1 Å². The fraction of sp³-hybridized carbons (Fsp3) is 0.294. The lowest BCUT2D eigenvalue weighted by molar-refractivity contribution is 0.227. The second-order valence-electron chi connectivity index (χ2n) is 5.28. The SMILES string of the molecule is Cc1ccc(CNCC2Cc3ccccc3O2)c(Cl)c1. The molecule has 3 heteroatoms.